The molecule has 0 radical (unpaired) electrons. The number of hydrogen-bond donors (Lipinski definition) is 1. The fraction of sp³-hybridized carbons (Fsp3) is 0.704. The lowest BCUT2D eigenvalue weighted by molar-refractivity contribution is -0.147. The van der Waals surface area contributed by atoms with E-state index in [2.05, 4.69) is 5.32 Å². The number of piperidine rings is 3. The summed E-state index contributed by atoms with van der Waals surface area (Å²) in [6.07, 6.45) is 6.63. The molecule has 3 saturated heterocycles. The predicted octanol–water partition coefficient (Wildman–Crippen LogP) is 3.69. The summed E-state index contributed by atoms with van der Waals surface area (Å²) < 4.78 is 20.2. The maximum atomic E-state index is 14.4. The molecule has 4 rings (SSSR count). The van der Waals surface area contributed by atoms with Crippen LogP contribution in [-0.2, 0) is 14.3 Å². The molecule has 3 aliphatic heterocycles. The van der Waals surface area contributed by atoms with Crippen molar-refractivity contribution >= 4 is 11.8 Å². The van der Waals surface area contributed by atoms with Crippen LogP contribution >= 0.6 is 0 Å². The van der Waals surface area contributed by atoms with Gasteiger partial charge in [0.2, 0.25) is 11.8 Å². The molecule has 34 heavy (non-hydrogen) atoms. The highest BCUT2D eigenvalue weighted by atomic mass is 19.1. The molecule has 7 heteroatoms. The number of carbonyl (C=O) groups is 2. The van der Waals surface area contributed by atoms with Crippen LogP contribution in [0.15, 0.2) is 18.2 Å². The number of nitrogens with one attached hydrogen (secondary N) is 1. The number of amides is 2. The maximum absolute atomic E-state index is 14.4. The summed E-state index contributed by atoms with van der Waals surface area (Å²) in [5.41, 5.74) is 1.37. The molecule has 1 N–H and O–H groups in total. The molecule has 0 bridgehead atoms. The van der Waals surface area contributed by atoms with E-state index in [1.807, 2.05) is 15.9 Å². The molecule has 2 amide bonds. The second-order valence-electron chi connectivity index (χ2n) is 10.2. The molecule has 2 unspecified atom stereocenters. The van der Waals surface area contributed by atoms with E-state index in [-0.39, 0.29) is 41.5 Å². The monoisotopic (exact) mass is 473 g/mol. The van der Waals surface area contributed by atoms with Crippen LogP contribution in [0.2, 0.25) is 0 Å². The van der Waals surface area contributed by atoms with Crippen LogP contribution < -0.4 is 5.32 Å². The average Bonchev–Trinajstić information content (AvgIpc) is 2.89. The third-order valence-electron chi connectivity index (χ3n) is 8.16. The number of likely N-dealkylation sites (tertiary alicyclic amines) is 2. The molecule has 0 spiro atoms. The van der Waals surface area contributed by atoms with Gasteiger partial charge in [-0.1, -0.05) is 12.1 Å². The lowest BCUT2D eigenvalue weighted by Crippen LogP contribution is -2.56. The van der Waals surface area contributed by atoms with Crippen molar-refractivity contribution in [3.8, 4) is 0 Å². The normalized spacial score (nSPS) is 26.9. The van der Waals surface area contributed by atoms with E-state index in [9.17, 15) is 14.0 Å². The number of rotatable bonds is 6. The second-order valence-corrected chi connectivity index (χ2v) is 10.2. The molecular weight excluding hydrogens is 433 g/mol. The van der Waals surface area contributed by atoms with Gasteiger partial charge in [0.05, 0.1) is 17.9 Å². The minimum atomic E-state index is -0.368. The third kappa shape index (κ3) is 5.46. The summed E-state index contributed by atoms with van der Waals surface area (Å²) in [6.45, 7) is 6.09. The molecular formula is C27H40FN3O3. The molecule has 3 fully saturated rings. The van der Waals surface area contributed by atoms with Crippen LogP contribution in [0.5, 0.6) is 0 Å². The van der Waals surface area contributed by atoms with Crippen molar-refractivity contribution in [1.29, 1.82) is 0 Å². The molecule has 3 heterocycles. The Kier molecular flexibility index (Phi) is 8.59. The molecule has 1 aromatic rings. The SMILES string of the molecule is COC(CC1[C@@H](C(=O)N2CCCCC2)CNC[C@H]1C(=O)N1CCCCC1)c1cccc(F)c1C. The minimum absolute atomic E-state index is 0.152. The fourth-order valence-corrected chi connectivity index (χ4v) is 6.11. The highest BCUT2D eigenvalue weighted by Crippen LogP contribution is 2.38. The highest BCUT2D eigenvalue weighted by Gasteiger charge is 2.45. The number of hydrogen-bond acceptors (Lipinski definition) is 4. The van der Waals surface area contributed by atoms with Gasteiger partial charge in [0.1, 0.15) is 5.82 Å². The molecule has 4 atom stereocenters. The molecule has 0 aromatic heterocycles. The van der Waals surface area contributed by atoms with Gasteiger partial charge < -0.3 is 19.9 Å². The van der Waals surface area contributed by atoms with Gasteiger partial charge in [0.25, 0.3) is 0 Å². The third-order valence-corrected chi connectivity index (χ3v) is 8.16. The van der Waals surface area contributed by atoms with E-state index in [0.29, 0.717) is 25.1 Å². The smallest absolute Gasteiger partial charge is 0.227 e. The Hall–Kier alpha value is -1.99. The Bertz CT molecular complexity index is 814. The first-order chi connectivity index (χ1) is 16.5. The summed E-state index contributed by atoms with van der Waals surface area (Å²) >= 11 is 0. The van der Waals surface area contributed by atoms with E-state index in [1.165, 1.54) is 6.07 Å². The van der Waals surface area contributed by atoms with Crippen molar-refractivity contribution in [3.05, 3.63) is 35.1 Å². The first kappa shape index (κ1) is 25.1. The molecule has 0 saturated carbocycles. The lowest BCUT2D eigenvalue weighted by Gasteiger charge is -2.43. The zero-order chi connectivity index (χ0) is 24.1. The van der Waals surface area contributed by atoms with Gasteiger partial charge in [0.15, 0.2) is 0 Å². The van der Waals surface area contributed by atoms with E-state index < -0.39 is 0 Å². The zero-order valence-corrected chi connectivity index (χ0v) is 20.7. The van der Waals surface area contributed by atoms with Crippen LogP contribution in [0.1, 0.15) is 62.2 Å². The van der Waals surface area contributed by atoms with Crippen LogP contribution in [0.4, 0.5) is 4.39 Å². The van der Waals surface area contributed by atoms with Gasteiger partial charge in [-0.2, -0.15) is 0 Å². The number of benzene rings is 1. The Morgan fingerprint density at radius 1 is 0.971 bits per heavy atom. The number of carbonyl (C=O) groups excluding carboxylic acids is 2. The van der Waals surface area contributed by atoms with Gasteiger partial charge in [-0.3, -0.25) is 9.59 Å². The Morgan fingerprint density at radius 2 is 1.50 bits per heavy atom. The Balaban J connectivity index is 1.62. The molecule has 188 valence electrons. The van der Waals surface area contributed by atoms with Gasteiger partial charge in [-0.15, -0.1) is 0 Å². The van der Waals surface area contributed by atoms with Crippen molar-refractivity contribution in [2.75, 3.05) is 46.4 Å². The number of halogens is 1. The molecule has 6 nitrogen and oxygen atoms in total. The number of ether oxygens (including phenoxy) is 1. The summed E-state index contributed by atoms with van der Waals surface area (Å²) in [5, 5.41) is 3.41. The quantitative estimate of drug-likeness (QED) is 0.685. The Morgan fingerprint density at radius 3 is 2.00 bits per heavy atom. The topological polar surface area (TPSA) is 61.9 Å². The van der Waals surface area contributed by atoms with Crippen molar-refractivity contribution in [1.82, 2.24) is 15.1 Å². The van der Waals surface area contributed by atoms with Crippen LogP contribution in [-0.4, -0.2) is 68.0 Å². The predicted molar refractivity (Wildman–Crippen MR) is 130 cm³/mol. The van der Waals surface area contributed by atoms with Crippen LogP contribution in [0, 0.1) is 30.5 Å². The van der Waals surface area contributed by atoms with Gasteiger partial charge in [-0.05, 0) is 75.0 Å². The minimum Gasteiger partial charge on any atom is -0.377 e. The van der Waals surface area contributed by atoms with Gasteiger partial charge in [0, 0.05) is 46.4 Å². The largest absolute Gasteiger partial charge is 0.377 e. The maximum Gasteiger partial charge on any atom is 0.227 e. The van der Waals surface area contributed by atoms with Gasteiger partial charge >= 0.3 is 0 Å². The molecule has 3 aliphatic rings. The number of methoxy groups -OCH3 is 1. The van der Waals surface area contributed by atoms with Crippen molar-refractivity contribution < 1.29 is 18.7 Å². The van der Waals surface area contributed by atoms with E-state index in [4.69, 9.17) is 4.74 Å². The highest BCUT2D eigenvalue weighted by molar-refractivity contribution is 5.83. The second kappa shape index (κ2) is 11.6. The lowest BCUT2D eigenvalue weighted by atomic mass is 9.72. The summed E-state index contributed by atoms with van der Waals surface area (Å²) in [5.74, 6) is -0.669. The first-order valence-corrected chi connectivity index (χ1v) is 13.1. The van der Waals surface area contributed by atoms with Crippen molar-refractivity contribution in [2.24, 2.45) is 17.8 Å². The average molecular weight is 474 g/mol. The Labute approximate surface area is 203 Å². The first-order valence-electron chi connectivity index (χ1n) is 13.1. The van der Waals surface area contributed by atoms with Gasteiger partial charge in [-0.25, -0.2) is 4.39 Å². The number of nitrogens with zero attached hydrogens (tertiary/aromatic N) is 2. The summed E-state index contributed by atoms with van der Waals surface area (Å²) in [7, 11) is 1.64. The standard InChI is InChI=1S/C27H40FN3O3/c1-19-20(10-9-11-24(19)28)25(34-2)16-21-22(26(32)30-12-5-3-6-13-30)17-29-18-23(21)27(33)31-14-7-4-8-15-31/h9-11,21-23,25,29H,3-8,12-18H2,1-2H3/t21?,22-,23+,25?. The van der Waals surface area contributed by atoms with E-state index in [0.717, 1.165) is 70.3 Å². The zero-order valence-electron chi connectivity index (χ0n) is 20.7. The summed E-state index contributed by atoms with van der Waals surface area (Å²) in [4.78, 5) is 31.4. The van der Waals surface area contributed by atoms with Crippen molar-refractivity contribution in [2.45, 2.75) is 58.0 Å². The molecule has 1 aromatic carbocycles. The van der Waals surface area contributed by atoms with Crippen LogP contribution in [0.3, 0.4) is 0 Å². The van der Waals surface area contributed by atoms with E-state index in [1.54, 1.807) is 20.1 Å². The van der Waals surface area contributed by atoms with Crippen LogP contribution in [0.25, 0.3) is 0 Å². The summed E-state index contributed by atoms with van der Waals surface area (Å²) in [6, 6.07) is 5.07. The van der Waals surface area contributed by atoms with E-state index >= 15 is 0 Å². The fourth-order valence-electron chi connectivity index (χ4n) is 6.11. The van der Waals surface area contributed by atoms with Crippen molar-refractivity contribution in [3.63, 3.8) is 0 Å². The molecule has 0 aliphatic carbocycles.